The summed E-state index contributed by atoms with van der Waals surface area (Å²) in [5.74, 6) is -1.02. The molecule has 0 saturated heterocycles. The summed E-state index contributed by atoms with van der Waals surface area (Å²) in [6.45, 7) is 6.50. The Morgan fingerprint density at radius 3 is 0.731 bits per heavy atom. The van der Waals surface area contributed by atoms with Crippen molar-refractivity contribution in [1.29, 1.82) is 0 Å². The topological polar surface area (TPSA) is 78.9 Å². The normalized spacial score (nSPS) is 12.4. The Balaban J connectivity index is 4.18. The Bertz CT molecular complexity index is 1390. The molecule has 0 heterocycles. The highest BCUT2D eigenvalue weighted by molar-refractivity contribution is 5.72. The maximum Gasteiger partial charge on any atom is 0.310 e. The molecule has 0 rings (SSSR count). The molecule has 0 aromatic carbocycles. The van der Waals surface area contributed by atoms with Gasteiger partial charge in [-0.3, -0.25) is 14.4 Å². The summed E-state index contributed by atoms with van der Waals surface area (Å²) in [5, 5.41) is 0. The third-order valence-corrected chi connectivity index (χ3v) is 15.3. The van der Waals surface area contributed by atoms with E-state index >= 15 is 0 Å². The number of hydrogen-bond acceptors (Lipinski definition) is 6. The minimum absolute atomic E-state index is 0.102. The molecule has 0 aliphatic carbocycles. The van der Waals surface area contributed by atoms with E-state index in [2.05, 4.69) is 69.4 Å². The van der Waals surface area contributed by atoms with Gasteiger partial charge < -0.3 is 14.2 Å². The number of allylic oxidation sites excluding steroid dienone is 9. The lowest BCUT2D eigenvalue weighted by molar-refractivity contribution is -0.166. The molecule has 0 bridgehead atoms. The van der Waals surface area contributed by atoms with E-state index in [1.807, 2.05) is 6.08 Å². The molecule has 0 amide bonds. The smallest absolute Gasteiger partial charge is 0.310 e. The van der Waals surface area contributed by atoms with Gasteiger partial charge >= 0.3 is 17.9 Å². The molecule has 6 heteroatoms. The van der Waals surface area contributed by atoms with Crippen LogP contribution in [0.2, 0.25) is 0 Å². The predicted octanol–water partition coefficient (Wildman–Crippen LogP) is 23.5. The highest BCUT2D eigenvalue weighted by Gasteiger charge is 2.19. The number of unbranched alkanes of at least 4 members (excludes halogenated alkanes) is 43. The van der Waals surface area contributed by atoms with E-state index in [9.17, 15) is 14.4 Å². The summed E-state index contributed by atoms with van der Waals surface area (Å²) < 4.78 is 16.8. The third-order valence-electron chi connectivity index (χ3n) is 15.3. The van der Waals surface area contributed by atoms with E-state index < -0.39 is 12.1 Å². The SMILES string of the molecule is CC/C=C\C/C=C\C/C=C\C/C=C\C/C=C\CC(=O)OC(COC(=O)CCCCCCCCCCCCCCCC)COC(=O)CCCCCCCCCCCCCCCCCCCCCCCCCCCCCCCCC. The number of carbonyl (C=O) groups excluding carboxylic acids is 3. The van der Waals surface area contributed by atoms with Gasteiger partial charge in [0.15, 0.2) is 6.10 Å². The van der Waals surface area contributed by atoms with Crippen LogP contribution in [0.25, 0.3) is 0 Å². The third kappa shape index (κ3) is 63.9. The first-order valence-electron chi connectivity index (χ1n) is 34.3. The Hall–Kier alpha value is -2.89. The van der Waals surface area contributed by atoms with Gasteiger partial charge in [-0.2, -0.15) is 0 Å². The van der Waals surface area contributed by atoms with Crippen LogP contribution in [0.15, 0.2) is 60.8 Å². The van der Waals surface area contributed by atoms with Crippen molar-refractivity contribution in [2.75, 3.05) is 13.2 Å². The largest absolute Gasteiger partial charge is 0.462 e. The van der Waals surface area contributed by atoms with Gasteiger partial charge in [-0.15, -0.1) is 0 Å². The van der Waals surface area contributed by atoms with Crippen LogP contribution < -0.4 is 0 Å². The summed E-state index contributed by atoms with van der Waals surface area (Å²) in [6.07, 6.45) is 85.8. The molecule has 0 aromatic heterocycles. The van der Waals surface area contributed by atoms with Crippen LogP contribution in [0.4, 0.5) is 0 Å². The van der Waals surface area contributed by atoms with E-state index in [4.69, 9.17) is 14.2 Å². The lowest BCUT2D eigenvalue weighted by Gasteiger charge is -2.18. The zero-order valence-electron chi connectivity index (χ0n) is 52.2. The van der Waals surface area contributed by atoms with Crippen LogP contribution in [0.1, 0.15) is 361 Å². The fourth-order valence-corrected chi connectivity index (χ4v) is 10.2. The maximum atomic E-state index is 12.8. The van der Waals surface area contributed by atoms with Crippen molar-refractivity contribution in [3.63, 3.8) is 0 Å². The lowest BCUT2D eigenvalue weighted by Crippen LogP contribution is -2.30. The lowest BCUT2D eigenvalue weighted by atomic mass is 10.0. The van der Waals surface area contributed by atoms with Crippen molar-refractivity contribution in [3.8, 4) is 0 Å². The monoisotopic (exact) mass is 1090 g/mol. The van der Waals surface area contributed by atoms with Gasteiger partial charge in [0.25, 0.3) is 0 Å². The van der Waals surface area contributed by atoms with Gasteiger partial charge in [-0.05, 0) is 44.9 Å². The fourth-order valence-electron chi connectivity index (χ4n) is 10.2. The van der Waals surface area contributed by atoms with Crippen molar-refractivity contribution < 1.29 is 28.6 Å². The van der Waals surface area contributed by atoms with Gasteiger partial charge in [-0.25, -0.2) is 0 Å². The Labute approximate surface area is 485 Å². The Morgan fingerprint density at radius 1 is 0.269 bits per heavy atom. The van der Waals surface area contributed by atoms with Crippen LogP contribution in [0.3, 0.4) is 0 Å². The maximum absolute atomic E-state index is 12.8. The van der Waals surface area contributed by atoms with Crippen LogP contribution >= 0.6 is 0 Å². The fraction of sp³-hybridized carbons (Fsp3) is 0.819. The molecule has 0 aliphatic rings. The first-order chi connectivity index (χ1) is 38.5. The molecular formula is C72H130O6. The van der Waals surface area contributed by atoms with Crippen molar-refractivity contribution in [2.45, 2.75) is 367 Å². The standard InChI is InChI=1S/C72H130O6/c1-4-7-10-13-16-19-22-25-28-29-30-31-32-33-34-35-36-37-38-39-40-41-42-43-45-47-50-53-56-59-62-65-71(74)77-68-69(67-76-70(73)64-61-58-55-52-49-46-27-24-21-18-15-12-9-6-3)78-72(75)66-63-60-57-54-51-48-44-26-23-20-17-14-11-8-5-2/h8,11,17,20,26,44,51,54,60,63,69H,4-7,9-10,12-16,18-19,21-25,27-43,45-50,52-53,55-59,61-62,64-68H2,1-3H3/b11-8-,20-17-,44-26-,54-51-,63-60-. The molecule has 454 valence electrons. The molecule has 0 aromatic rings. The molecule has 0 saturated carbocycles. The molecule has 6 nitrogen and oxygen atoms in total. The molecule has 0 N–H and O–H groups in total. The molecule has 1 atom stereocenters. The Kier molecular flexibility index (Phi) is 64.2. The van der Waals surface area contributed by atoms with Gasteiger partial charge in [0.1, 0.15) is 13.2 Å². The van der Waals surface area contributed by atoms with E-state index in [1.165, 1.54) is 250 Å². The highest BCUT2D eigenvalue weighted by atomic mass is 16.6. The van der Waals surface area contributed by atoms with E-state index in [-0.39, 0.29) is 31.6 Å². The average Bonchev–Trinajstić information content (AvgIpc) is 3.44. The first kappa shape index (κ1) is 75.1. The minimum atomic E-state index is -0.826. The first-order valence-corrected chi connectivity index (χ1v) is 34.3. The molecular weight excluding hydrogens is 961 g/mol. The summed E-state index contributed by atoms with van der Waals surface area (Å²) in [7, 11) is 0. The zero-order chi connectivity index (χ0) is 56.4. The van der Waals surface area contributed by atoms with Crippen molar-refractivity contribution >= 4 is 17.9 Å². The van der Waals surface area contributed by atoms with Crippen LogP contribution in [-0.4, -0.2) is 37.2 Å². The zero-order valence-corrected chi connectivity index (χ0v) is 52.2. The number of ether oxygens (including phenoxy) is 3. The second kappa shape index (κ2) is 66.6. The van der Waals surface area contributed by atoms with E-state index in [0.29, 0.717) is 12.8 Å². The Morgan fingerprint density at radius 2 is 0.487 bits per heavy atom. The quantitative estimate of drug-likeness (QED) is 0.0261. The van der Waals surface area contributed by atoms with Crippen LogP contribution in [0, 0.1) is 0 Å². The van der Waals surface area contributed by atoms with Gasteiger partial charge in [0.2, 0.25) is 0 Å². The molecule has 0 radical (unpaired) electrons. The molecule has 78 heavy (non-hydrogen) atoms. The molecule has 0 fully saturated rings. The summed E-state index contributed by atoms with van der Waals surface area (Å²) in [5.41, 5.74) is 0. The molecule has 1 unspecified atom stereocenters. The van der Waals surface area contributed by atoms with Crippen molar-refractivity contribution in [3.05, 3.63) is 60.8 Å². The van der Waals surface area contributed by atoms with Gasteiger partial charge in [0.05, 0.1) is 6.42 Å². The van der Waals surface area contributed by atoms with Gasteiger partial charge in [-0.1, -0.05) is 358 Å². The van der Waals surface area contributed by atoms with Gasteiger partial charge in [0, 0.05) is 12.8 Å². The average molecular weight is 1090 g/mol. The molecule has 0 aliphatic heterocycles. The number of carbonyl (C=O) groups is 3. The summed E-state index contributed by atoms with van der Waals surface area (Å²) in [4.78, 5) is 38.2. The van der Waals surface area contributed by atoms with E-state index in [1.54, 1.807) is 6.08 Å². The van der Waals surface area contributed by atoms with Crippen LogP contribution in [-0.2, 0) is 28.6 Å². The highest BCUT2D eigenvalue weighted by Crippen LogP contribution is 2.18. The van der Waals surface area contributed by atoms with E-state index in [0.717, 1.165) is 70.6 Å². The summed E-state index contributed by atoms with van der Waals surface area (Å²) >= 11 is 0. The summed E-state index contributed by atoms with van der Waals surface area (Å²) in [6, 6.07) is 0. The minimum Gasteiger partial charge on any atom is -0.462 e. The second-order valence-corrected chi connectivity index (χ2v) is 23.1. The molecule has 0 spiro atoms. The number of esters is 3. The number of rotatable bonds is 63. The van der Waals surface area contributed by atoms with Crippen molar-refractivity contribution in [2.24, 2.45) is 0 Å². The van der Waals surface area contributed by atoms with Crippen LogP contribution in [0.5, 0.6) is 0 Å². The second-order valence-electron chi connectivity index (χ2n) is 23.1. The van der Waals surface area contributed by atoms with Crippen molar-refractivity contribution in [1.82, 2.24) is 0 Å². The predicted molar refractivity (Wildman–Crippen MR) is 339 cm³/mol. The number of hydrogen-bond donors (Lipinski definition) is 0.